The summed E-state index contributed by atoms with van der Waals surface area (Å²) in [6.07, 6.45) is 1.79. The summed E-state index contributed by atoms with van der Waals surface area (Å²) in [5, 5.41) is 12.7. The van der Waals surface area contributed by atoms with Crippen LogP contribution in [0.5, 0.6) is 0 Å². The molecule has 0 saturated carbocycles. The predicted molar refractivity (Wildman–Crippen MR) is 81.0 cm³/mol. The minimum atomic E-state index is -0.297. The maximum atomic E-state index is 10.9. The number of carbonyl (C=O) groups excluding carboxylic acids is 1. The minimum Gasteiger partial charge on any atom is -0.369 e. The van der Waals surface area contributed by atoms with Crippen LogP contribution in [0.15, 0.2) is 6.07 Å². The molecule has 0 aromatic carbocycles. The molecule has 2 heterocycles. The van der Waals surface area contributed by atoms with Crippen molar-refractivity contribution in [3.05, 3.63) is 22.3 Å². The molecule has 0 bridgehead atoms. The van der Waals surface area contributed by atoms with Crippen molar-refractivity contribution >= 4 is 23.3 Å². The molecular formula is C14H18ClN5O. The van der Waals surface area contributed by atoms with E-state index < -0.39 is 0 Å². The van der Waals surface area contributed by atoms with Crippen LogP contribution in [0.25, 0.3) is 0 Å². The second-order valence-corrected chi connectivity index (χ2v) is 5.63. The van der Waals surface area contributed by atoms with Gasteiger partial charge in [-0.2, -0.15) is 5.26 Å². The van der Waals surface area contributed by atoms with Crippen molar-refractivity contribution in [2.75, 3.05) is 25.0 Å². The first-order valence-corrected chi connectivity index (χ1v) is 7.22. The molecule has 1 aromatic heterocycles. The van der Waals surface area contributed by atoms with E-state index >= 15 is 0 Å². The second-order valence-electron chi connectivity index (χ2n) is 5.22. The van der Waals surface area contributed by atoms with E-state index in [0.717, 1.165) is 25.9 Å². The molecule has 1 aliphatic heterocycles. The number of aromatic nitrogens is 1. The van der Waals surface area contributed by atoms with E-state index in [0.29, 0.717) is 28.6 Å². The number of hydrogen-bond donors (Lipinski definition) is 2. The number of hydrogen-bond acceptors (Lipinski definition) is 5. The fraction of sp³-hybridized carbons (Fsp3) is 0.500. The SMILES string of the molecule is Cc1nc(NC2CCN(CC(N)=O)CC2)c(Cl)cc1C#N. The number of likely N-dealkylation sites (tertiary alicyclic amines) is 1. The first-order valence-electron chi connectivity index (χ1n) is 6.84. The molecule has 2 rings (SSSR count). The lowest BCUT2D eigenvalue weighted by atomic mass is 10.0. The van der Waals surface area contributed by atoms with Crippen LogP contribution in [0.2, 0.25) is 5.02 Å². The molecule has 21 heavy (non-hydrogen) atoms. The fourth-order valence-electron chi connectivity index (χ4n) is 2.44. The van der Waals surface area contributed by atoms with Crippen LogP contribution < -0.4 is 11.1 Å². The lowest BCUT2D eigenvalue weighted by Gasteiger charge is -2.31. The largest absolute Gasteiger partial charge is 0.369 e. The number of aryl methyl sites for hydroxylation is 1. The number of nitrogens with two attached hydrogens (primary N) is 1. The van der Waals surface area contributed by atoms with Crippen molar-refractivity contribution in [3.8, 4) is 6.07 Å². The lowest BCUT2D eigenvalue weighted by molar-refractivity contribution is -0.119. The Labute approximate surface area is 128 Å². The number of anilines is 1. The molecule has 0 aliphatic carbocycles. The third-order valence-electron chi connectivity index (χ3n) is 3.59. The third-order valence-corrected chi connectivity index (χ3v) is 3.88. The van der Waals surface area contributed by atoms with Crippen LogP contribution >= 0.6 is 11.6 Å². The Morgan fingerprint density at radius 1 is 1.62 bits per heavy atom. The summed E-state index contributed by atoms with van der Waals surface area (Å²) >= 11 is 6.15. The van der Waals surface area contributed by atoms with Gasteiger partial charge in [0.05, 0.1) is 22.8 Å². The van der Waals surface area contributed by atoms with E-state index in [1.165, 1.54) is 0 Å². The summed E-state index contributed by atoms with van der Waals surface area (Å²) in [5.74, 6) is 0.315. The highest BCUT2D eigenvalue weighted by atomic mass is 35.5. The third kappa shape index (κ3) is 4.06. The Kier molecular flexibility index (Phi) is 4.99. The Bertz CT molecular complexity index is 575. The quantitative estimate of drug-likeness (QED) is 0.873. The van der Waals surface area contributed by atoms with Crippen LogP contribution in [0.3, 0.4) is 0 Å². The second kappa shape index (κ2) is 6.74. The van der Waals surface area contributed by atoms with Gasteiger partial charge in [-0.15, -0.1) is 0 Å². The Balaban J connectivity index is 1.96. The number of nitrogens with zero attached hydrogens (tertiary/aromatic N) is 3. The van der Waals surface area contributed by atoms with E-state index in [1.54, 1.807) is 13.0 Å². The van der Waals surface area contributed by atoms with E-state index in [-0.39, 0.29) is 11.9 Å². The van der Waals surface area contributed by atoms with E-state index in [2.05, 4.69) is 16.4 Å². The van der Waals surface area contributed by atoms with Crippen LogP contribution in [0.1, 0.15) is 24.1 Å². The Morgan fingerprint density at radius 2 is 2.29 bits per heavy atom. The summed E-state index contributed by atoms with van der Waals surface area (Å²) in [7, 11) is 0. The molecule has 1 saturated heterocycles. The van der Waals surface area contributed by atoms with Crippen molar-refractivity contribution in [1.29, 1.82) is 5.26 Å². The van der Waals surface area contributed by atoms with Gasteiger partial charge in [-0.25, -0.2) is 4.98 Å². The first kappa shape index (κ1) is 15.5. The maximum Gasteiger partial charge on any atom is 0.231 e. The van der Waals surface area contributed by atoms with Gasteiger partial charge in [0, 0.05) is 19.1 Å². The number of nitriles is 1. The minimum absolute atomic E-state index is 0.256. The van der Waals surface area contributed by atoms with Gasteiger partial charge >= 0.3 is 0 Å². The zero-order valence-corrected chi connectivity index (χ0v) is 12.7. The molecule has 1 aromatic rings. The Hall–Kier alpha value is -1.84. The molecule has 6 nitrogen and oxygen atoms in total. The van der Waals surface area contributed by atoms with Crippen molar-refractivity contribution in [2.45, 2.75) is 25.8 Å². The summed E-state index contributed by atoms with van der Waals surface area (Å²) in [6.45, 7) is 3.72. The normalized spacial score (nSPS) is 16.4. The van der Waals surface area contributed by atoms with Crippen molar-refractivity contribution in [3.63, 3.8) is 0 Å². The van der Waals surface area contributed by atoms with Crippen LogP contribution in [-0.4, -0.2) is 41.5 Å². The number of carbonyl (C=O) groups is 1. The van der Waals surface area contributed by atoms with Crippen molar-refractivity contribution < 1.29 is 4.79 Å². The Morgan fingerprint density at radius 3 is 2.86 bits per heavy atom. The molecular weight excluding hydrogens is 290 g/mol. The smallest absolute Gasteiger partial charge is 0.231 e. The van der Waals surface area contributed by atoms with Gasteiger partial charge in [-0.1, -0.05) is 11.6 Å². The van der Waals surface area contributed by atoms with E-state index in [1.807, 2.05) is 4.90 Å². The van der Waals surface area contributed by atoms with E-state index in [9.17, 15) is 4.79 Å². The number of rotatable bonds is 4. The van der Waals surface area contributed by atoms with Crippen molar-refractivity contribution in [1.82, 2.24) is 9.88 Å². The summed E-state index contributed by atoms with van der Waals surface area (Å²) in [5.41, 5.74) is 6.35. The predicted octanol–water partition coefficient (Wildman–Crippen LogP) is 1.28. The van der Waals surface area contributed by atoms with Crippen LogP contribution in [-0.2, 0) is 4.79 Å². The molecule has 0 spiro atoms. The molecule has 1 amide bonds. The topological polar surface area (TPSA) is 95.0 Å². The van der Waals surface area contributed by atoms with E-state index in [4.69, 9.17) is 22.6 Å². The number of primary amides is 1. The monoisotopic (exact) mass is 307 g/mol. The average molecular weight is 308 g/mol. The molecule has 3 N–H and O–H groups in total. The van der Waals surface area contributed by atoms with Gasteiger partial charge in [0.2, 0.25) is 5.91 Å². The van der Waals surface area contributed by atoms with Crippen LogP contribution in [0.4, 0.5) is 5.82 Å². The first-order chi connectivity index (χ1) is 9.99. The number of pyridine rings is 1. The molecule has 112 valence electrons. The van der Waals surface area contributed by atoms with Gasteiger partial charge in [-0.05, 0) is 25.8 Å². The standard InChI is InChI=1S/C14H18ClN5O/c1-9-10(7-16)6-12(15)14(18-9)19-11-2-4-20(5-3-11)8-13(17)21/h6,11H,2-5,8H2,1H3,(H2,17,21)(H,18,19). The molecule has 1 aliphatic rings. The van der Waals surface area contributed by atoms with Crippen LogP contribution in [0, 0.1) is 18.3 Å². The highest BCUT2D eigenvalue weighted by molar-refractivity contribution is 6.33. The summed E-state index contributed by atoms with van der Waals surface area (Å²) < 4.78 is 0. The molecule has 7 heteroatoms. The maximum absolute atomic E-state index is 10.9. The van der Waals surface area contributed by atoms with Gasteiger partial charge < -0.3 is 11.1 Å². The highest BCUT2D eigenvalue weighted by Gasteiger charge is 2.21. The fourth-order valence-corrected chi connectivity index (χ4v) is 2.65. The van der Waals surface area contributed by atoms with Gasteiger partial charge in [0.25, 0.3) is 0 Å². The highest BCUT2D eigenvalue weighted by Crippen LogP contribution is 2.24. The molecule has 1 fully saturated rings. The number of piperidine rings is 1. The van der Waals surface area contributed by atoms with Gasteiger partial charge in [0.15, 0.2) is 0 Å². The lowest BCUT2D eigenvalue weighted by Crippen LogP contribution is -2.43. The van der Waals surface area contributed by atoms with Crippen molar-refractivity contribution in [2.24, 2.45) is 5.73 Å². The molecule has 0 radical (unpaired) electrons. The van der Waals surface area contributed by atoms with Gasteiger partial charge in [0.1, 0.15) is 11.9 Å². The summed E-state index contributed by atoms with van der Waals surface area (Å²) in [6, 6.07) is 3.96. The molecule has 0 atom stereocenters. The number of amides is 1. The number of halogens is 1. The number of nitrogens with one attached hydrogen (secondary N) is 1. The zero-order valence-electron chi connectivity index (χ0n) is 11.9. The zero-order chi connectivity index (χ0) is 15.4. The van der Waals surface area contributed by atoms with Gasteiger partial charge in [-0.3, -0.25) is 9.69 Å². The summed E-state index contributed by atoms with van der Waals surface area (Å²) in [4.78, 5) is 17.3. The molecule has 0 unspecified atom stereocenters. The average Bonchev–Trinajstić information content (AvgIpc) is 2.44.